The maximum absolute atomic E-state index is 13.2. The van der Waals surface area contributed by atoms with Gasteiger partial charge in [0.2, 0.25) is 5.43 Å². The lowest BCUT2D eigenvalue weighted by Gasteiger charge is -2.15. The van der Waals surface area contributed by atoms with E-state index in [2.05, 4.69) is 4.98 Å². The first-order valence-corrected chi connectivity index (χ1v) is 8.87. The predicted molar refractivity (Wildman–Crippen MR) is 102 cm³/mol. The molecular weight excluding hydrogens is 517 g/mol. The van der Waals surface area contributed by atoms with Crippen molar-refractivity contribution in [2.24, 2.45) is 0 Å². The van der Waals surface area contributed by atoms with E-state index in [1.54, 1.807) is 22.6 Å². The molecule has 2 N–H and O–H groups in total. The highest BCUT2D eigenvalue weighted by Gasteiger charge is 2.35. The summed E-state index contributed by atoms with van der Waals surface area (Å²) in [6.45, 7) is 0. The molecule has 2 aromatic carbocycles. The molecule has 0 radical (unpaired) electrons. The number of nitrogens with one attached hydrogen (secondary N) is 2. The molecule has 152 valence electrons. The predicted octanol–water partition coefficient (Wildman–Crippen LogP) is 5.42. The van der Waals surface area contributed by atoms with E-state index >= 15 is 0 Å². The third kappa shape index (κ3) is 4.23. The Morgan fingerprint density at radius 3 is 2.24 bits per heavy atom. The maximum atomic E-state index is 13.2. The zero-order valence-electron chi connectivity index (χ0n) is 14.0. The highest BCUT2D eigenvalue weighted by molar-refractivity contribution is 14.1. The van der Waals surface area contributed by atoms with Gasteiger partial charge in [0, 0.05) is 15.3 Å². The van der Waals surface area contributed by atoms with E-state index in [0.717, 1.165) is 24.4 Å². The van der Waals surface area contributed by atoms with E-state index in [9.17, 15) is 35.9 Å². The van der Waals surface area contributed by atoms with E-state index in [-0.39, 0.29) is 9.09 Å². The Bertz CT molecular complexity index is 1170. The van der Waals surface area contributed by atoms with E-state index in [1.807, 2.05) is 5.32 Å². The third-order valence-electron chi connectivity index (χ3n) is 3.99. The van der Waals surface area contributed by atoms with Crippen LogP contribution in [0.15, 0.2) is 47.4 Å². The number of rotatable bonds is 2. The molecule has 3 aromatic rings. The summed E-state index contributed by atoms with van der Waals surface area (Å²) in [7, 11) is 0. The summed E-state index contributed by atoms with van der Waals surface area (Å²) in [4.78, 5) is 27.4. The van der Waals surface area contributed by atoms with Gasteiger partial charge in [-0.3, -0.25) is 9.59 Å². The first-order chi connectivity index (χ1) is 13.4. The van der Waals surface area contributed by atoms with Gasteiger partial charge in [-0.15, -0.1) is 0 Å². The highest BCUT2D eigenvalue weighted by atomic mass is 127. The van der Waals surface area contributed by atoms with E-state index in [1.165, 1.54) is 12.1 Å². The second-order valence-electron chi connectivity index (χ2n) is 5.90. The summed E-state index contributed by atoms with van der Waals surface area (Å²) >= 11 is 1.66. The van der Waals surface area contributed by atoms with Gasteiger partial charge in [-0.2, -0.15) is 26.3 Å². The van der Waals surface area contributed by atoms with Crippen LogP contribution in [-0.2, 0) is 12.4 Å². The van der Waals surface area contributed by atoms with Gasteiger partial charge >= 0.3 is 12.4 Å². The number of amides is 1. The van der Waals surface area contributed by atoms with Crippen molar-refractivity contribution in [3.63, 3.8) is 0 Å². The first-order valence-electron chi connectivity index (χ1n) is 7.79. The molecule has 0 fully saturated rings. The summed E-state index contributed by atoms with van der Waals surface area (Å²) in [5.41, 5.74) is -5.18. The number of anilines is 1. The molecule has 0 unspecified atom stereocenters. The largest absolute Gasteiger partial charge is 0.418 e. The summed E-state index contributed by atoms with van der Waals surface area (Å²) in [6, 6.07) is 6.08. The fraction of sp³-hybridized carbons (Fsp3) is 0.111. The Labute approximate surface area is 172 Å². The molecule has 0 aliphatic rings. The molecule has 3 rings (SSSR count). The van der Waals surface area contributed by atoms with E-state index in [0.29, 0.717) is 6.07 Å². The van der Waals surface area contributed by atoms with Crippen LogP contribution in [0.4, 0.5) is 32.0 Å². The Hall–Kier alpha value is -2.57. The fourth-order valence-electron chi connectivity index (χ4n) is 2.72. The monoisotopic (exact) mass is 526 g/mol. The molecule has 0 aliphatic carbocycles. The number of fused-ring (bicyclic) bond motifs is 1. The number of H-pyrrole nitrogens is 1. The molecule has 1 amide bonds. The fourth-order valence-corrected chi connectivity index (χ4v) is 3.21. The molecule has 29 heavy (non-hydrogen) atoms. The number of aromatic nitrogens is 1. The average molecular weight is 526 g/mol. The molecule has 0 atom stereocenters. The first kappa shape index (κ1) is 21.1. The van der Waals surface area contributed by atoms with Crippen molar-refractivity contribution >= 4 is 45.1 Å². The van der Waals surface area contributed by atoms with Crippen molar-refractivity contribution in [3.8, 4) is 0 Å². The minimum absolute atomic E-state index is 0.161. The van der Waals surface area contributed by atoms with Crippen LogP contribution in [0.1, 0.15) is 21.5 Å². The number of benzene rings is 2. The Morgan fingerprint density at radius 2 is 1.62 bits per heavy atom. The molecule has 1 heterocycles. The van der Waals surface area contributed by atoms with Crippen LogP contribution >= 0.6 is 22.6 Å². The van der Waals surface area contributed by atoms with Crippen molar-refractivity contribution in [1.29, 1.82) is 0 Å². The number of halogens is 7. The zero-order chi connectivity index (χ0) is 21.6. The number of aromatic amines is 1. The molecule has 0 saturated carbocycles. The van der Waals surface area contributed by atoms with Crippen LogP contribution < -0.4 is 10.7 Å². The minimum atomic E-state index is -4.86. The summed E-state index contributed by atoms with van der Waals surface area (Å²) in [6.07, 6.45) is -8.79. The standard InChI is InChI=1S/C18H9F6IN2O2/c19-17(20,21)10-2-1-3-13-14(10)15(28)9(7-26-13)16(29)27-12-5-4-8(25)6-11(12)18(22,23)24/h1-7H,(H,26,28)(H,27,29). The van der Waals surface area contributed by atoms with Gasteiger partial charge in [-0.25, -0.2) is 0 Å². The van der Waals surface area contributed by atoms with Crippen LogP contribution in [0.3, 0.4) is 0 Å². The second kappa shape index (κ2) is 7.35. The van der Waals surface area contributed by atoms with Gasteiger partial charge in [-0.1, -0.05) is 6.07 Å². The Balaban J connectivity index is 2.11. The number of pyridine rings is 1. The minimum Gasteiger partial charge on any atom is -0.360 e. The summed E-state index contributed by atoms with van der Waals surface area (Å²) < 4.78 is 79.5. The SMILES string of the molecule is O=C(Nc1ccc(I)cc1C(F)(F)F)c1c[nH]c2cccc(C(F)(F)F)c2c1=O. The molecule has 1 aromatic heterocycles. The Kier molecular flexibility index (Phi) is 5.36. The van der Waals surface area contributed by atoms with Gasteiger partial charge in [0.25, 0.3) is 5.91 Å². The lowest BCUT2D eigenvalue weighted by molar-refractivity contribution is -0.137. The number of hydrogen-bond donors (Lipinski definition) is 2. The lowest BCUT2D eigenvalue weighted by Crippen LogP contribution is -2.25. The normalized spacial score (nSPS) is 12.2. The molecule has 11 heteroatoms. The number of carbonyl (C=O) groups excluding carboxylic acids is 1. The lowest BCUT2D eigenvalue weighted by atomic mass is 10.0. The van der Waals surface area contributed by atoms with Crippen molar-refractivity contribution in [3.05, 3.63) is 73.1 Å². The summed E-state index contributed by atoms with van der Waals surface area (Å²) in [5.74, 6) is -1.27. The maximum Gasteiger partial charge on any atom is 0.418 e. The Morgan fingerprint density at radius 1 is 0.966 bits per heavy atom. The van der Waals surface area contributed by atoms with E-state index < -0.39 is 51.5 Å². The molecular formula is C18H9F6IN2O2. The smallest absolute Gasteiger partial charge is 0.360 e. The van der Waals surface area contributed by atoms with Gasteiger partial charge in [0.15, 0.2) is 0 Å². The molecule has 4 nitrogen and oxygen atoms in total. The van der Waals surface area contributed by atoms with Gasteiger partial charge in [0.1, 0.15) is 5.56 Å². The quantitative estimate of drug-likeness (QED) is 0.346. The van der Waals surface area contributed by atoms with Crippen LogP contribution in [0, 0.1) is 3.57 Å². The highest BCUT2D eigenvalue weighted by Crippen LogP contribution is 2.36. The van der Waals surface area contributed by atoms with Crippen LogP contribution in [0.5, 0.6) is 0 Å². The zero-order valence-corrected chi connectivity index (χ0v) is 16.2. The topological polar surface area (TPSA) is 62.0 Å². The van der Waals surface area contributed by atoms with Crippen molar-refractivity contribution in [1.82, 2.24) is 4.98 Å². The second-order valence-corrected chi connectivity index (χ2v) is 7.14. The van der Waals surface area contributed by atoms with Crippen molar-refractivity contribution in [2.75, 3.05) is 5.32 Å². The van der Waals surface area contributed by atoms with Gasteiger partial charge < -0.3 is 10.3 Å². The van der Waals surface area contributed by atoms with Crippen molar-refractivity contribution < 1.29 is 31.1 Å². The molecule has 0 spiro atoms. The average Bonchev–Trinajstić information content (AvgIpc) is 2.61. The number of carbonyl (C=O) groups is 1. The number of alkyl halides is 6. The third-order valence-corrected chi connectivity index (χ3v) is 4.66. The molecule has 0 bridgehead atoms. The van der Waals surface area contributed by atoms with Crippen LogP contribution in [0.2, 0.25) is 0 Å². The molecule has 0 aliphatic heterocycles. The summed E-state index contributed by atoms with van der Waals surface area (Å²) in [5, 5.41) is 1.19. The van der Waals surface area contributed by atoms with E-state index in [4.69, 9.17) is 0 Å². The van der Waals surface area contributed by atoms with Gasteiger partial charge in [0.05, 0.1) is 22.2 Å². The van der Waals surface area contributed by atoms with Crippen molar-refractivity contribution in [2.45, 2.75) is 12.4 Å². The number of hydrogen-bond acceptors (Lipinski definition) is 2. The van der Waals surface area contributed by atoms with Crippen LogP contribution in [-0.4, -0.2) is 10.9 Å². The molecule has 0 saturated heterocycles. The van der Waals surface area contributed by atoms with Gasteiger partial charge in [-0.05, 0) is 52.9 Å². The van der Waals surface area contributed by atoms with Crippen LogP contribution in [0.25, 0.3) is 10.9 Å².